The van der Waals surface area contributed by atoms with Crippen LogP contribution in [0.1, 0.15) is 27.2 Å². The summed E-state index contributed by atoms with van der Waals surface area (Å²) in [4.78, 5) is 24.1. The third kappa shape index (κ3) is 4.89. The number of benzene rings is 3. The zero-order valence-electron chi connectivity index (χ0n) is 19.3. The summed E-state index contributed by atoms with van der Waals surface area (Å²) >= 11 is 0. The molecule has 2 N–H and O–H groups in total. The number of para-hydroxylation sites is 1. The molecule has 0 atom stereocenters. The molecule has 0 fully saturated rings. The van der Waals surface area contributed by atoms with Gasteiger partial charge in [0.2, 0.25) is 0 Å². The summed E-state index contributed by atoms with van der Waals surface area (Å²) in [6.45, 7) is 5.69. The van der Waals surface area contributed by atoms with Crippen LogP contribution in [-0.4, -0.2) is 20.9 Å². The number of aromatic nitrogens is 2. The molecule has 0 aliphatic carbocycles. The van der Waals surface area contributed by atoms with Crippen molar-refractivity contribution in [1.82, 2.24) is 9.78 Å². The van der Waals surface area contributed by atoms with Gasteiger partial charge in [-0.1, -0.05) is 36.4 Å². The van der Waals surface area contributed by atoms with Gasteiger partial charge in [0.05, 0.1) is 17.4 Å². The minimum absolute atomic E-state index is 0. The third-order valence-electron chi connectivity index (χ3n) is 5.47. The van der Waals surface area contributed by atoms with E-state index in [9.17, 15) is 19.8 Å². The minimum Gasteiger partial charge on any atom is -0.545 e. The Hall–Kier alpha value is -3.46. The summed E-state index contributed by atoms with van der Waals surface area (Å²) < 4.78 is 1.40. The standard InChI is InChI=1S/C25H22N4O4.Na/c1-14-10-11-19(12-15(14)2)29-24(31)22(16(3)28-29)27-26-21-9-5-8-20(23(21)30)17-6-4-7-18(13-17)25(32)33;/h4-13,28,30H,1-3H3,(H,32,33);/q;+1/p-1. The fourth-order valence-corrected chi connectivity index (χ4v) is 3.46. The molecule has 0 saturated heterocycles. The molecule has 0 amide bonds. The fourth-order valence-electron chi connectivity index (χ4n) is 3.46. The Morgan fingerprint density at radius 3 is 2.41 bits per heavy atom. The van der Waals surface area contributed by atoms with Crippen LogP contribution >= 0.6 is 0 Å². The van der Waals surface area contributed by atoms with Gasteiger partial charge in [0.1, 0.15) is 5.69 Å². The quantitative estimate of drug-likeness (QED) is 0.341. The molecule has 34 heavy (non-hydrogen) atoms. The van der Waals surface area contributed by atoms with Gasteiger partial charge in [0, 0.05) is 5.56 Å². The number of aryl methyl sites for hydroxylation is 3. The first-order valence-electron chi connectivity index (χ1n) is 10.2. The zero-order valence-corrected chi connectivity index (χ0v) is 21.3. The molecule has 8 nitrogen and oxygen atoms in total. The number of carbonyl (C=O) groups excluding carboxylic acids is 1. The summed E-state index contributed by atoms with van der Waals surface area (Å²) in [5, 5.41) is 33.1. The second kappa shape index (κ2) is 10.2. The number of aromatic hydroxyl groups is 1. The molecular formula is C25H21N4NaO4. The summed E-state index contributed by atoms with van der Waals surface area (Å²) in [6, 6.07) is 16.6. The molecule has 3 aromatic carbocycles. The van der Waals surface area contributed by atoms with E-state index in [2.05, 4.69) is 15.3 Å². The van der Waals surface area contributed by atoms with Crippen LogP contribution in [0.25, 0.3) is 16.8 Å². The van der Waals surface area contributed by atoms with Gasteiger partial charge in [0.25, 0.3) is 5.56 Å². The van der Waals surface area contributed by atoms with Gasteiger partial charge in [-0.3, -0.25) is 9.89 Å². The average Bonchev–Trinajstić information content (AvgIpc) is 3.08. The first kappa shape index (κ1) is 25.2. The molecule has 9 heteroatoms. The molecule has 4 rings (SSSR count). The Morgan fingerprint density at radius 2 is 1.71 bits per heavy atom. The van der Waals surface area contributed by atoms with Crippen LogP contribution in [0.2, 0.25) is 0 Å². The molecule has 0 unspecified atom stereocenters. The normalized spacial score (nSPS) is 10.9. The van der Waals surface area contributed by atoms with E-state index in [1.807, 2.05) is 32.0 Å². The second-order valence-electron chi connectivity index (χ2n) is 7.74. The predicted molar refractivity (Wildman–Crippen MR) is 123 cm³/mol. The first-order chi connectivity index (χ1) is 15.8. The van der Waals surface area contributed by atoms with Crippen LogP contribution in [0.5, 0.6) is 5.75 Å². The smallest absolute Gasteiger partial charge is 0.545 e. The summed E-state index contributed by atoms with van der Waals surface area (Å²) in [5.41, 5.74) is 4.15. The number of azo groups is 1. The maximum Gasteiger partial charge on any atom is 1.00 e. The minimum atomic E-state index is -1.31. The predicted octanol–water partition coefficient (Wildman–Crippen LogP) is 1.25. The van der Waals surface area contributed by atoms with Crippen molar-refractivity contribution < 1.29 is 44.6 Å². The molecule has 0 saturated carbocycles. The van der Waals surface area contributed by atoms with Crippen LogP contribution < -0.4 is 40.2 Å². The number of aromatic amines is 1. The van der Waals surface area contributed by atoms with E-state index in [1.165, 1.54) is 16.8 Å². The van der Waals surface area contributed by atoms with Crippen molar-refractivity contribution in [3.8, 4) is 22.6 Å². The molecule has 166 valence electrons. The Morgan fingerprint density at radius 1 is 0.971 bits per heavy atom. The van der Waals surface area contributed by atoms with Gasteiger partial charge in [-0.2, -0.15) is 0 Å². The van der Waals surface area contributed by atoms with E-state index in [0.717, 1.165) is 11.1 Å². The maximum atomic E-state index is 12.9. The first-order valence-corrected chi connectivity index (χ1v) is 10.2. The van der Waals surface area contributed by atoms with Crippen molar-refractivity contribution in [3.05, 3.63) is 93.4 Å². The van der Waals surface area contributed by atoms with Gasteiger partial charge in [-0.15, -0.1) is 10.2 Å². The number of carboxylic acids is 1. The fraction of sp³-hybridized carbons (Fsp3) is 0.120. The van der Waals surface area contributed by atoms with Crippen molar-refractivity contribution in [2.75, 3.05) is 0 Å². The molecule has 0 bridgehead atoms. The van der Waals surface area contributed by atoms with Crippen LogP contribution in [0.4, 0.5) is 11.4 Å². The molecule has 0 aliphatic heterocycles. The molecule has 0 radical (unpaired) electrons. The van der Waals surface area contributed by atoms with Crippen molar-refractivity contribution in [1.29, 1.82) is 0 Å². The van der Waals surface area contributed by atoms with Crippen molar-refractivity contribution >= 4 is 17.3 Å². The van der Waals surface area contributed by atoms with Crippen molar-refractivity contribution in [3.63, 3.8) is 0 Å². The molecule has 4 aromatic rings. The van der Waals surface area contributed by atoms with Gasteiger partial charge < -0.3 is 15.0 Å². The number of phenolic OH excluding ortho intramolecular Hbond substituents is 1. The number of carboxylic acid groups (broad SMARTS) is 1. The number of nitrogens with one attached hydrogen (secondary N) is 1. The van der Waals surface area contributed by atoms with E-state index in [4.69, 9.17) is 0 Å². The molecule has 1 heterocycles. The summed E-state index contributed by atoms with van der Waals surface area (Å²) in [6.07, 6.45) is 0. The maximum absolute atomic E-state index is 12.9. The van der Waals surface area contributed by atoms with Gasteiger partial charge in [-0.25, -0.2) is 4.68 Å². The van der Waals surface area contributed by atoms with Gasteiger partial charge in [0.15, 0.2) is 11.4 Å². The van der Waals surface area contributed by atoms with Crippen LogP contribution in [0, 0.1) is 20.8 Å². The number of hydrogen-bond acceptors (Lipinski definition) is 6. The number of carbonyl (C=O) groups is 1. The summed E-state index contributed by atoms with van der Waals surface area (Å²) in [7, 11) is 0. The van der Waals surface area contributed by atoms with Gasteiger partial charge in [-0.05, 0) is 67.3 Å². The van der Waals surface area contributed by atoms with Crippen LogP contribution in [0.15, 0.2) is 75.7 Å². The van der Waals surface area contributed by atoms with E-state index in [-0.39, 0.29) is 57.8 Å². The Balaban J connectivity index is 0.00000324. The topological polar surface area (TPSA) is 123 Å². The van der Waals surface area contributed by atoms with E-state index >= 15 is 0 Å². The number of hydrogen-bond donors (Lipinski definition) is 2. The van der Waals surface area contributed by atoms with Crippen LogP contribution in [-0.2, 0) is 0 Å². The Bertz CT molecular complexity index is 1470. The van der Waals surface area contributed by atoms with E-state index < -0.39 is 5.97 Å². The van der Waals surface area contributed by atoms with E-state index in [1.54, 1.807) is 37.3 Å². The molecule has 0 spiro atoms. The summed E-state index contributed by atoms with van der Waals surface area (Å²) in [5.74, 6) is -1.49. The SMILES string of the molecule is Cc1ccc(-n2[nH]c(C)c(N=Nc3cccc(-c4cccc(C(=O)[O-])c4)c3O)c2=O)cc1C.[Na+]. The largest absolute Gasteiger partial charge is 1.00 e. The number of aromatic carboxylic acids is 1. The van der Waals surface area contributed by atoms with Crippen LogP contribution in [0.3, 0.4) is 0 Å². The molecule has 0 aliphatic rings. The Labute approximate surface area is 217 Å². The van der Waals surface area contributed by atoms with E-state index in [0.29, 0.717) is 22.5 Å². The number of H-pyrrole nitrogens is 1. The molecular weight excluding hydrogens is 443 g/mol. The van der Waals surface area contributed by atoms with Gasteiger partial charge >= 0.3 is 29.6 Å². The third-order valence-corrected chi connectivity index (χ3v) is 5.47. The average molecular weight is 464 g/mol. The van der Waals surface area contributed by atoms with Crippen molar-refractivity contribution in [2.45, 2.75) is 20.8 Å². The number of rotatable bonds is 5. The number of phenols is 1. The second-order valence-corrected chi connectivity index (χ2v) is 7.74. The van der Waals surface area contributed by atoms with Crippen molar-refractivity contribution in [2.24, 2.45) is 10.2 Å². The molecule has 1 aromatic heterocycles. The monoisotopic (exact) mass is 464 g/mol. The zero-order chi connectivity index (χ0) is 23.7. The number of nitrogens with zero attached hydrogens (tertiary/aromatic N) is 3. The Kier molecular flexibility index (Phi) is 7.56.